The van der Waals surface area contributed by atoms with Crippen molar-refractivity contribution in [1.82, 2.24) is 16.1 Å². The predicted molar refractivity (Wildman–Crippen MR) is 132 cm³/mol. The van der Waals surface area contributed by atoms with E-state index in [4.69, 9.17) is 29.6 Å². The van der Waals surface area contributed by atoms with Gasteiger partial charge in [0.2, 0.25) is 5.88 Å². The SMILES string of the molecule is C#Cc1cccc(-c2nc(OS(C)(=O)=O)c3cc(OCCOC)c(OCCOC)cc3n2)c1.N.O. The number of benzene rings is 2. The lowest BCUT2D eigenvalue weighted by molar-refractivity contribution is 0.132. The molecule has 11 nitrogen and oxygen atoms in total. The van der Waals surface area contributed by atoms with Crippen molar-refractivity contribution in [2.75, 3.05) is 46.9 Å². The van der Waals surface area contributed by atoms with Crippen LogP contribution in [0, 0.1) is 12.3 Å². The van der Waals surface area contributed by atoms with E-state index in [-0.39, 0.29) is 36.5 Å². The van der Waals surface area contributed by atoms with Crippen molar-refractivity contribution in [2.24, 2.45) is 0 Å². The maximum Gasteiger partial charge on any atom is 0.307 e. The Balaban J connectivity index is 0.00000306. The molecule has 0 fully saturated rings. The van der Waals surface area contributed by atoms with Crippen LogP contribution in [-0.2, 0) is 19.6 Å². The third-order valence-corrected chi connectivity index (χ3v) is 4.79. The molecule has 0 aliphatic rings. The minimum Gasteiger partial charge on any atom is -0.487 e. The summed E-state index contributed by atoms with van der Waals surface area (Å²) in [5, 5.41) is 0.337. The summed E-state index contributed by atoms with van der Waals surface area (Å²) in [5.41, 5.74) is 1.64. The van der Waals surface area contributed by atoms with E-state index in [0.717, 1.165) is 6.26 Å². The first-order valence-corrected chi connectivity index (χ1v) is 11.7. The minimum atomic E-state index is -3.87. The molecule has 190 valence electrons. The van der Waals surface area contributed by atoms with E-state index < -0.39 is 10.1 Å². The molecule has 0 aliphatic heterocycles. The van der Waals surface area contributed by atoms with Crippen molar-refractivity contribution in [3.63, 3.8) is 0 Å². The van der Waals surface area contributed by atoms with E-state index in [9.17, 15) is 8.42 Å². The van der Waals surface area contributed by atoms with E-state index >= 15 is 0 Å². The highest BCUT2D eigenvalue weighted by molar-refractivity contribution is 7.86. The Hall–Kier alpha value is -3.47. The van der Waals surface area contributed by atoms with Gasteiger partial charge in [-0.05, 0) is 18.2 Å². The number of fused-ring (bicyclic) bond motifs is 1. The van der Waals surface area contributed by atoms with Crippen molar-refractivity contribution in [2.45, 2.75) is 0 Å². The third-order valence-electron chi connectivity index (χ3n) is 4.33. The Kier molecular flexibility index (Phi) is 11.3. The molecule has 0 unspecified atom stereocenters. The van der Waals surface area contributed by atoms with E-state index in [0.29, 0.717) is 46.7 Å². The van der Waals surface area contributed by atoms with E-state index in [1.165, 1.54) is 0 Å². The molecular formula is C23H29N3O8S. The van der Waals surface area contributed by atoms with Gasteiger partial charge in [-0.2, -0.15) is 13.4 Å². The molecule has 3 aromatic rings. The number of aromatic nitrogens is 2. The molecule has 1 heterocycles. The highest BCUT2D eigenvalue weighted by Crippen LogP contribution is 2.37. The van der Waals surface area contributed by atoms with Gasteiger partial charge in [0.15, 0.2) is 17.3 Å². The van der Waals surface area contributed by atoms with Gasteiger partial charge in [0.1, 0.15) is 13.2 Å². The summed E-state index contributed by atoms with van der Waals surface area (Å²) in [6.45, 7) is 1.25. The van der Waals surface area contributed by atoms with Gasteiger partial charge in [0.05, 0.1) is 30.4 Å². The normalized spacial score (nSPS) is 10.6. The maximum atomic E-state index is 11.9. The Bertz CT molecular complexity index is 1280. The number of terminal acetylenes is 1. The average Bonchev–Trinajstić information content (AvgIpc) is 2.78. The second kappa shape index (κ2) is 13.4. The van der Waals surface area contributed by atoms with Crippen LogP contribution < -0.4 is 19.8 Å². The van der Waals surface area contributed by atoms with Gasteiger partial charge in [-0.15, -0.1) is 6.42 Å². The fourth-order valence-electron chi connectivity index (χ4n) is 2.89. The molecule has 0 aliphatic carbocycles. The Labute approximate surface area is 204 Å². The van der Waals surface area contributed by atoms with Gasteiger partial charge in [-0.25, -0.2) is 4.98 Å². The predicted octanol–water partition coefficient (Wildman–Crippen LogP) is 2.00. The average molecular weight is 508 g/mol. The van der Waals surface area contributed by atoms with Crippen molar-refractivity contribution in [1.29, 1.82) is 0 Å². The van der Waals surface area contributed by atoms with Crippen molar-refractivity contribution < 1.29 is 37.0 Å². The molecule has 35 heavy (non-hydrogen) atoms. The smallest absolute Gasteiger partial charge is 0.307 e. The Morgan fingerprint density at radius 1 is 0.943 bits per heavy atom. The first kappa shape index (κ1) is 29.6. The number of ether oxygens (including phenoxy) is 4. The molecule has 0 atom stereocenters. The fourth-order valence-corrected chi connectivity index (χ4v) is 3.30. The van der Waals surface area contributed by atoms with Crippen LogP contribution in [0.15, 0.2) is 36.4 Å². The molecule has 0 saturated carbocycles. The molecule has 0 amide bonds. The summed E-state index contributed by atoms with van der Waals surface area (Å²) in [6.07, 6.45) is 6.44. The summed E-state index contributed by atoms with van der Waals surface area (Å²) in [6, 6.07) is 10.2. The monoisotopic (exact) mass is 507 g/mol. The molecule has 1 aromatic heterocycles. The number of hydrogen-bond donors (Lipinski definition) is 1. The summed E-state index contributed by atoms with van der Waals surface area (Å²) >= 11 is 0. The van der Waals surface area contributed by atoms with Crippen LogP contribution in [0.2, 0.25) is 0 Å². The molecule has 12 heteroatoms. The molecule has 5 N–H and O–H groups in total. The largest absolute Gasteiger partial charge is 0.487 e. The lowest BCUT2D eigenvalue weighted by Gasteiger charge is -2.15. The zero-order chi connectivity index (χ0) is 23.8. The molecule has 0 radical (unpaired) electrons. The van der Waals surface area contributed by atoms with Gasteiger partial charge in [0.25, 0.3) is 0 Å². The van der Waals surface area contributed by atoms with E-state index in [2.05, 4.69) is 15.9 Å². The Morgan fingerprint density at radius 3 is 2.14 bits per heavy atom. The maximum absolute atomic E-state index is 11.9. The zero-order valence-corrected chi connectivity index (χ0v) is 20.6. The van der Waals surface area contributed by atoms with Gasteiger partial charge in [-0.1, -0.05) is 18.1 Å². The molecule has 2 aromatic carbocycles. The topological polar surface area (TPSA) is 173 Å². The van der Waals surface area contributed by atoms with Gasteiger partial charge in [0, 0.05) is 31.4 Å². The Morgan fingerprint density at radius 2 is 1.57 bits per heavy atom. The van der Waals surface area contributed by atoms with Gasteiger partial charge >= 0.3 is 10.1 Å². The van der Waals surface area contributed by atoms with Crippen LogP contribution in [-0.4, -0.2) is 70.8 Å². The van der Waals surface area contributed by atoms with Crippen LogP contribution in [0.1, 0.15) is 5.56 Å². The van der Waals surface area contributed by atoms with Gasteiger partial charge in [-0.3, -0.25) is 0 Å². The van der Waals surface area contributed by atoms with Crippen molar-refractivity contribution >= 4 is 21.0 Å². The summed E-state index contributed by atoms with van der Waals surface area (Å²) in [4.78, 5) is 8.94. The molecule has 0 bridgehead atoms. The summed E-state index contributed by atoms with van der Waals surface area (Å²) in [5.74, 6) is 3.43. The third kappa shape index (κ3) is 8.06. The summed E-state index contributed by atoms with van der Waals surface area (Å²) in [7, 11) is -0.747. The molecule has 0 saturated heterocycles. The molecular weight excluding hydrogens is 478 g/mol. The van der Waals surface area contributed by atoms with Gasteiger partial charge < -0.3 is 34.8 Å². The van der Waals surface area contributed by atoms with Crippen LogP contribution in [0.3, 0.4) is 0 Å². The second-order valence-electron chi connectivity index (χ2n) is 6.86. The number of nitrogens with zero attached hydrogens (tertiary/aromatic N) is 2. The van der Waals surface area contributed by atoms with Crippen molar-refractivity contribution in [3.8, 4) is 41.1 Å². The number of hydrogen-bond acceptors (Lipinski definition) is 10. The highest BCUT2D eigenvalue weighted by atomic mass is 32.2. The number of methoxy groups -OCH3 is 2. The summed E-state index contributed by atoms with van der Waals surface area (Å²) < 4.78 is 50.7. The zero-order valence-electron chi connectivity index (χ0n) is 19.7. The lowest BCUT2D eigenvalue weighted by atomic mass is 10.1. The number of rotatable bonds is 11. The van der Waals surface area contributed by atoms with E-state index in [1.807, 2.05) is 0 Å². The molecule has 0 spiro atoms. The second-order valence-corrected chi connectivity index (χ2v) is 8.44. The lowest BCUT2D eigenvalue weighted by Crippen LogP contribution is -2.10. The minimum absolute atomic E-state index is 0. The molecule has 3 rings (SSSR count). The first-order chi connectivity index (χ1) is 15.8. The van der Waals surface area contributed by atoms with Crippen molar-refractivity contribution in [3.05, 3.63) is 42.0 Å². The van der Waals surface area contributed by atoms with Crippen LogP contribution in [0.25, 0.3) is 22.3 Å². The van der Waals surface area contributed by atoms with Crippen LogP contribution >= 0.6 is 0 Å². The standard InChI is InChI=1S/C23H24N2O7S.H3N.H2O/c1-5-16-7-6-8-17(13-16)22-24-19-15-21(31-12-10-29-3)20(30-11-9-28-2)14-18(19)23(25-22)32-33(4,26)27;;/h1,6-8,13-15H,9-12H2,2-4H3;1H3;1H2. The van der Waals surface area contributed by atoms with Crippen LogP contribution in [0.5, 0.6) is 17.4 Å². The van der Waals surface area contributed by atoms with E-state index in [1.54, 1.807) is 50.6 Å². The fraction of sp³-hybridized carbons (Fsp3) is 0.304. The first-order valence-electron chi connectivity index (χ1n) is 9.90. The van der Waals surface area contributed by atoms with Crippen LogP contribution in [0.4, 0.5) is 0 Å². The highest BCUT2D eigenvalue weighted by Gasteiger charge is 2.19. The quantitative estimate of drug-likeness (QED) is 0.230.